The topological polar surface area (TPSA) is 103 Å². The summed E-state index contributed by atoms with van der Waals surface area (Å²) in [6, 6.07) is 17.9. The van der Waals surface area contributed by atoms with Crippen LogP contribution in [-0.4, -0.2) is 17.0 Å². The highest BCUT2D eigenvalue weighted by atomic mass is 16.5. The Morgan fingerprint density at radius 1 is 1.03 bits per heavy atom. The lowest BCUT2D eigenvalue weighted by atomic mass is 9.97. The molecule has 0 saturated carbocycles. The molecule has 0 saturated heterocycles. The number of aliphatic carboxylic acids is 1. The lowest BCUT2D eigenvalue weighted by Gasteiger charge is -2.11. The zero-order valence-electron chi connectivity index (χ0n) is 17.8. The molecule has 4 aromatic rings. The fourth-order valence-electron chi connectivity index (χ4n) is 3.71. The highest BCUT2D eigenvalue weighted by Crippen LogP contribution is 2.36. The van der Waals surface area contributed by atoms with Gasteiger partial charge in [-0.1, -0.05) is 36.4 Å². The van der Waals surface area contributed by atoms with Gasteiger partial charge in [0.25, 0.3) is 0 Å². The van der Waals surface area contributed by atoms with Crippen molar-refractivity contribution in [2.24, 2.45) is 5.73 Å². The van der Waals surface area contributed by atoms with Crippen molar-refractivity contribution < 1.29 is 23.8 Å². The van der Waals surface area contributed by atoms with Crippen LogP contribution in [0.5, 0.6) is 5.75 Å². The molecule has 0 amide bonds. The molecule has 1 heterocycles. The van der Waals surface area contributed by atoms with E-state index in [2.05, 4.69) is 0 Å². The van der Waals surface area contributed by atoms with Crippen molar-refractivity contribution in [3.8, 4) is 16.9 Å². The molecule has 0 aliphatic heterocycles. The number of para-hydroxylation sites is 1. The summed E-state index contributed by atoms with van der Waals surface area (Å²) in [4.78, 5) is 24.3. The molecule has 6 heteroatoms. The van der Waals surface area contributed by atoms with E-state index in [1.807, 2.05) is 38.1 Å². The smallest absolute Gasteiger partial charge is 0.343 e. The number of fused-ring (bicyclic) bond motifs is 1. The third-order valence-electron chi connectivity index (χ3n) is 5.50. The number of carbonyl (C=O) groups excluding carboxylic acids is 1. The van der Waals surface area contributed by atoms with E-state index in [1.165, 1.54) is 0 Å². The summed E-state index contributed by atoms with van der Waals surface area (Å²) < 4.78 is 11.6. The highest BCUT2D eigenvalue weighted by Gasteiger charge is 2.20. The van der Waals surface area contributed by atoms with Crippen molar-refractivity contribution >= 4 is 22.9 Å². The van der Waals surface area contributed by atoms with Gasteiger partial charge in [-0.2, -0.15) is 0 Å². The SMILES string of the molecule is Cc1oc2c(-c3cccc(CN)c3)cc(C(=O)Oc3ccccc3CC(=O)O)cc2c1C. The van der Waals surface area contributed by atoms with Crippen LogP contribution in [0.1, 0.15) is 32.8 Å². The predicted octanol–water partition coefficient (Wildman–Crippen LogP) is 5.02. The quantitative estimate of drug-likeness (QED) is 0.329. The Morgan fingerprint density at radius 3 is 2.56 bits per heavy atom. The Hall–Kier alpha value is -3.90. The number of aryl methyl sites for hydroxylation is 2. The number of carboxylic acid groups (broad SMARTS) is 1. The van der Waals surface area contributed by atoms with Gasteiger partial charge in [0.2, 0.25) is 0 Å². The second-order valence-corrected chi connectivity index (χ2v) is 7.66. The number of esters is 1. The molecule has 4 rings (SSSR count). The number of benzene rings is 3. The minimum atomic E-state index is -0.999. The summed E-state index contributed by atoms with van der Waals surface area (Å²) in [6.07, 6.45) is -0.236. The zero-order valence-corrected chi connectivity index (χ0v) is 17.8. The number of carboxylic acids is 1. The average Bonchev–Trinajstić information content (AvgIpc) is 3.07. The van der Waals surface area contributed by atoms with E-state index in [-0.39, 0.29) is 12.2 Å². The van der Waals surface area contributed by atoms with E-state index in [0.29, 0.717) is 23.3 Å². The molecule has 162 valence electrons. The van der Waals surface area contributed by atoms with Crippen LogP contribution in [0.2, 0.25) is 0 Å². The van der Waals surface area contributed by atoms with Crippen molar-refractivity contribution in [2.45, 2.75) is 26.8 Å². The van der Waals surface area contributed by atoms with E-state index in [0.717, 1.165) is 33.4 Å². The molecular formula is C26H23NO5. The molecule has 3 N–H and O–H groups in total. The molecule has 32 heavy (non-hydrogen) atoms. The van der Waals surface area contributed by atoms with Crippen molar-refractivity contribution in [1.29, 1.82) is 0 Å². The van der Waals surface area contributed by atoms with Crippen LogP contribution in [0.3, 0.4) is 0 Å². The Labute approximate surface area is 185 Å². The van der Waals surface area contributed by atoms with Crippen LogP contribution in [0.15, 0.2) is 65.1 Å². The summed E-state index contributed by atoms with van der Waals surface area (Å²) in [6.45, 7) is 4.23. The Bertz CT molecular complexity index is 1340. The van der Waals surface area contributed by atoms with Gasteiger partial charge in [0.15, 0.2) is 0 Å². The average molecular weight is 429 g/mol. The Kier molecular flexibility index (Phi) is 5.79. The van der Waals surface area contributed by atoms with Gasteiger partial charge >= 0.3 is 11.9 Å². The first-order chi connectivity index (χ1) is 15.4. The predicted molar refractivity (Wildman–Crippen MR) is 122 cm³/mol. The standard InChI is InChI=1S/C26H23NO5/c1-15-16(2)31-25-21(15)11-20(12-22(25)18-8-5-6-17(10-18)14-27)26(30)32-23-9-4-3-7-19(23)13-24(28)29/h3-12H,13-14,27H2,1-2H3,(H,28,29). The number of ether oxygens (including phenoxy) is 1. The van der Waals surface area contributed by atoms with Gasteiger partial charge < -0.3 is 20.0 Å². The van der Waals surface area contributed by atoms with Gasteiger partial charge in [-0.3, -0.25) is 4.79 Å². The zero-order chi connectivity index (χ0) is 22.8. The Morgan fingerprint density at radius 2 is 1.81 bits per heavy atom. The summed E-state index contributed by atoms with van der Waals surface area (Å²) in [5.74, 6) is -0.568. The van der Waals surface area contributed by atoms with Crippen LogP contribution in [0.4, 0.5) is 0 Å². The second kappa shape index (κ2) is 8.69. The normalized spacial score (nSPS) is 11.0. The minimum Gasteiger partial charge on any atom is -0.481 e. The van der Waals surface area contributed by atoms with Gasteiger partial charge in [0.1, 0.15) is 17.1 Å². The number of rotatable bonds is 6. The maximum atomic E-state index is 13.1. The van der Waals surface area contributed by atoms with E-state index < -0.39 is 11.9 Å². The first-order valence-electron chi connectivity index (χ1n) is 10.2. The third kappa shape index (κ3) is 4.13. The van der Waals surface area contributed by atoms with Gasteiger partial charge in [-0.25, -0.2) is 4.79 Å². The van der Waals surface area contributed by atoms with Crippen molar-refractivity contribution in [3.05, 3.63) is 88.7 Å². The Balaban J connectivity index is 1.81. The summed E-state index contributed by atoms with van der Waals surface area (Å²) in [5.41, 5.74) is 10.8. The lowest BCUT2D eigenvalue weighted by molar-refractivity contribution is -0.136. The maximum Gasteiger partial charge on any atom is 0.343 e. The maximum absolute atomic E-state index is 13.1. The van der Waals surface area contributed by atoms with Crippen molar-refractivity contribution in [1.82, 2.24) is 0 Å². The van der Waals surface area contributed by atoms with E-state index in [1.54, 1.807) is 36.4 Å². The molecule has 6 nitrogen and oxygen atoms in total. The van der Waals surface area contributed by atoms with Crippen LogP contribution in [-0.2, 0) is 17.8 Å². The first kappa shape index (κ1) is 21.3. The lowest BCUT2D eigenvalue weighted by Crippen LogP contribution is -2.11. The largest absolute Gasteiger partial charge is 0.481 e. The molecule has 0 radical (unpaired) electrons. The third-order valence-corrected chi connectivity index (χ3v) is 5.50. The highest BCUT2D eigenvalue weighted by molar-refractivity contribution is 6.03. The van der Waals surface area contributed by atoms with Crippen molar-refractivity contribution in [3.63, 3.8) is 0 Å². The molecule has 0 unspecified atom stereocenters. The van der Waals surface area contributed by atoms with Crippen LogP contribution in [0, 0.1) is 13.8 Å². The summed E-state index contributed by atoms with van der Waals surface area (Å²) >= 11 is 0. The first-order valence-corrected chi connectivity index (χ1v) is 10.2. The molecule has 0 aliphatic carbocycles. The summed E-state index contributed by atoms with van der Waals surface area (Å²) in [5, 5.41) is 9.96. The van der Waals surface area contributed by atoms with E-state index in [4.69, 9.17) is 20.0 Å². The fraction of sp³-hybridized carbons (Fsp3) is 0.154. The van der Waals surface area contributed by atoms with E-state index in [9.17, 15) is 9.59 Å². The van der Waals surface area contributed by atoms with Crippen LogP contribution >= 0.6 is 0 Å². The molecule has 3 aromatic carbocycles. The molecule has 0 spiro atoms. The number of furan rings is 1. The van der Waals surface area contributed by atoms with Gasteiger partial charge in [-0.05, 0) is 54.8 Å². The van der Waals surface area contributed by atoms with Gasteiger partial charge in [0.05, 0.1) is 12.0 Å². The van der Waals surface area contributed by atoms with Crippen molar-refractivity contribution in [2.75, 3.05) is 0 Å². The number of hydrogen-bond acceptors (Lipinski definition) is 5. The molecular weight excluding hydrogens is 406 g/mol. The molecule has 0 atom stereocenters. The van der Waals surface area contributed by atoms with Crippen LogP contribution in [0.25, 0.3) is 22.1 Å². The molecule has 0 bridgehead atoms. The van der Waals surface area contributed by atoms with Crippen LogP contribution < -0.4 is 10.5 Å². The fourth-order valence-corrected chi connectivity index (χ4v) is 3.71. The van der Waals surface area contributed by atoms with Gasteiger partial charge in [-0.15, -0.1) is 0 Å². The minimum absolute atomic E-state index is 0.228. The molecule has 0 fully saturated rings. The number of nitrogens with two attached hydrogens (primary N) is 1. The summed E-state index contributed by atoms with van der Waals surface area (Å²) in [7, 11) is 0. The number of carbonyl (C=O) groups is 2. The monoisotopic (exact) mass is 429 g/mol. The molecule has 1 aromatic heterocycles. The van der Waals surface area contributed by atoms with Gasteiger partial charge in [0, 0.05) is 23.1 Å². The van der Waals surface area contributed by atoms with E-state index >= 15 is 0 Å². The second-order valence-electron chi connectivity index (χ2n) is 7.66. The number of hydrogen-bond donors (Lipinski definition) is 2. The molecule has 0 aliphatic rings.